The minimum absolute atomic E-state index is 0.00567. The van der Waals surface area contributed by atoms with Crippen LogP contribution in [0.25, 0.3) is 0 Å². The number of esters is 1. The van der Waals surface area contributed by atoms with Crippen LogP contribution in [0.15, 0.2) is 24.8 Å². The Hall–Kier alpha value is -1.13. The van der Waals surface area contributed by atoms with Gasteiger partial charge >= 0.3 is 5.97 Å². The van der Waals surface area contributed by atoms with Crippen LogP contribution in [-0.2, 0) is 9.53 Å². The van der Waals surface area contributed by atoms with Gasteiger partial charge in [-0.05, 0) is 117 Å². The first kappa shape index (κ1) is 27.4. The topological polar surface area (TPSA) is 66.8 Å². The van der Waals surface area contributed by atoms with Gasteiger partial charge < -0.3 is 14.9 Å². The number of carbonyl (C=O) groups is 1. The summed E-state index contributed by atoms with van der Waals surface area (Å²) in [7, 11) is 0. The summed E-state index contributed by atoms with van der Waals surface area (Å²) < 4.78 is 5.81. The Kier molecular flexibility index (Phi) is 6.63. The van der Waals surface area contributed by atoms with E-state index < -0.39 is 11.5 Å². The van der Waals surface area contributed by atoms with Crippen LogP contribution in [0.4, 0.5) is 0 Å². The molecule has 0 saturated heterocycles. The van der Waals surface area contributed by atoms with Crippen LogP contribution < -0.4 is 0 Å². The number of fused-ring (bicyclic) bond motifs is 7. The van der Waals surface area contributed by atoms with Crippen LogP contribution in [-0.4, -0.2) is 35.5 Å². The summed E-state index contributed by atoms with van der Waals surface area (Å²) in [5, 5.41) is 21.5. The summed E-state index contributed by atoms with van der Waals surface area (Å²) in [4.78, 5) is 13.7. The molecule has 0 spiro atoms. The summed E-state index contributed by atoms with van der Waals surface area (Å²) in [5.74, 6) is 2.10. The van der Waals surface area contributed by atoms with Crippen LogP contribution in [0.5, 0.6) is 0 Å². The molecule has 0 radical (unpaired) electrons. The van der Waals surface area contributed by atoms with Gasteiger partial charge in [-0.3, -0.25) is 4.79 Å². The molecule has 37 heavy (non-hydrogen) atoms. The molecule has 11 atom stereocenters. The number of rotatable bonds is 5. The van der Waals surface area contributed by atoms with Gasteiger partial charge in [0.25, 0.3) is 0 Å². The Morgan fingerprint density at radius 1 is 0.946 bits per heavy atom. The maximum Gasteiger partial charge on any atom is 0.312 e. The molecule has 0 aliphatic heterocycles. The minimum atomic E-state index is -0.418. The lowest BCUT2D eigenvalue weighted by Gasteiger charge is -2.72. The first-order chi connectivity index (χ1) is 17.4. The molecule has 4 heteroatoms. The Labute approximate surface area is 225 Å². The summed E-state index contributed by atoms with van der Waals surface area (Å²) >= 11 is 0. The van der Waals surface area contributed by atoms with Gasteiger partial charge in [0, 0.05) is 5.41 Å². The lowest BCUT2D eigenvalue weighted by Crippen LogP contribution is -2.67. The van der Waals surface area contributed by atoms with E-state index in [9.17, 15) is 15.0 Å². The van der Waals surface area contributed by atoms with Gasteiger partial charge in [-0.25, -0.2) is 0 Å². The van der Waals surface area contributed by atoms with Crippen molar-refractivity contribution in [1.82, 2.24) is 0 Å². The van der Waals surface area contributed by atoms with Gasteiger partial charge in [0.1, 0.15) is 6.61 Å². The van der Waals surface area contributed by atoms with Crippen LogP contribution >= 0.6 is 0 Å². The molecule has 5 aliphatic carbocycles. The highest BCUT2D eigenvalue weighted by Gasteiger charge is 2.72. The van der Waals surface area contributed by atoms with Crippen molar-refractivity contribution in [3.63, 3.8) is 0 Å². The highest BCUT2D eigenvalue weighted by molar-refractivity contribution is 5.78. The second kappa shape index (κ2) is 8.95. The molecule has 0 heterocycles. The molecule has 5 unspecified atom stereocenters. The van der Waals surface area contributed by atoms with Crippen molar-refractivity contribution < 1.29 is 19.7 Å². The zero-order valence-corrected chi connectivity index (χ0v) is 24.2. The standard InChI is InChI=1S/C33H52O4/c1-8-19-37-28(36)33-16-11-22(21(2)3)27(33)23-9-10-25-29(4)14-13-26(35)30(5,20-34)24(29)12-15-32(25,7)31(23,6)17-18-33/h8,22-27,34-35H,1-2,9-20H2,3-7H3/t22?,23?,24?,25?,26-,27?,29-,30-,31+,32+,33-/m0/s1. The second-order valence-electron chi connectivity index (χ2n) is 14.9. The second-order valence-corrected chi connectivity index (χ2v) is 14.9. The third-order valence-corrected chi connectivity index (χ3v) is 13.9. The maximum atomic E-state index is 13.7. The van der Waals surface area contributed by atoms with E-state index >= 15 is 0 Å². The van der Waals surface area contributed by atoms with Crippen molar-refractivity contribution in [3.8, 4) is 0 Å². The summed E-state index contributed by atoms with van der Waals surface area (Å²) in [6.45, 7) is 20.5. The minimum Gasteiger partial charge on any atom is -0.461 e. The summed E-state index contributed by atoms with van der Waals surface area (Å²) in [5.41, 5.74) is 0.888. The highest BCUT2D eigenvalue weighted by Crippen LogP contribution is 2.77. The van der Waals surface area contributed by atoms with Gasteiger partial charge in [-0.1, -0.05) is 52.5 Å². The van der Waals surface area contributed by atoms with E-state index in [1.807, 2.05) is 0 Å². The fourth-order valence-corrected chi connectivity index (χ4v) is 11.8. The Bertz CT molecular complexity index is 958. The first-order valence-electron chi connectivity index (χ1n) is 15.1. The third kappa shape index (κ3) is 3.43. The predicted octanol–water partition coefficient (Wildman–Crippen LogP) is 6.71. The molecule has 5 rings (SSSR count). The number of ether oxygens (including phenoxy) is 1. The van der Waals surface area contributed by atoms with Crippen LogP contribution in [0.3, 0.4) is 0 Å². The highest BCUT2D eigenvalue weighted by atomic mass is 16.5. The lowest BCUT2D eigenvalue weighted by atomic mass is 9.32. The molecule has 5 fully saturated rings. The molecule has 0 aromatic rings. The normalized spacial score (nSPS) is 52.7. The van der Waals surface area contributed by atoms with E-state index in [1.54, 1.807) is 6.08 Å². The van der Waals surface area contributed by atoms with Crippen molar-refractivity contribution in [2.45, 2.75) is 105 Å². The van der Waals surface area contributed by atoms with E-state index in [4.69, 9.17) is 4.74 Å². The zero-order valence-electron chi connectivity index (χ0n) is 24.2. The monoisotopic (exact) mass is 512 g/mol. The quantitative estimate of drug-likeness (QED) is 0.317. The van der Waals surface area contributed by atoms with Gasteiger partial charge in [-0.15, -0.1) is 0 Å². The molecule has 4 nitrogen and oxygen atoms in total. The molecule has 5 aliphatic rings. The zero-order chi connectivity index (χ0) is 27.0. The van der Waals surface area contributed by atoms with Crippen LogP contribution in [0.2, 0.25) is 0 Å². The Morgan fingerprint density at radius 3 is 2.32 bits per heavy atom. The van der Waals surface area contributed by atoms with E-state index in [1.165, 1.54) is 12.0 Å². The van der Waals surface area contributed by atoms with Crippen molar-refractivity contribution in [1.29, 1.82) is 0 Å². The molecule has 208 valence electrons. The predicted molar refractivity (Wildman–Crippen MR) is 148 cm³/mol. The third-order valence-electron chi connectivity index (χ3n) is 13.9. The van der Waals surface area contributed by atoms with Gasteiger partial charge in [0.05, 0.1) is 18.1 Å². The Morgan fingerprint density at radius 2 is 1.68 bits per heavy atom. The van der Waals surface area contributed by atoms with E-state index in [2.05, 4.69) is 47.8 Å². The number of aliphatic hydroxyl groups is 2. The number of aliphatic hydroxyl groups excluding tert-OH is 2. The van der Waals surface area contributed by atoms with Crippen molar-refractivity contribution in [2.75, 3.05) is 13.2 Å². The molecule has 2 N–H and O–H groups in total. The molecule has 5 saturated carbocycles. The van der Waals surface area contributed by atoms with Gasteiger partial charge in [0.2, 0.25) is 0 Å². The molecular weight excluding hydrogens is 460 g/mol. The number of allylic oxidation sites excluding steroid dienone is 1. The molecule has 0 amide bonds. The van der Waals surface area contributed by atoms with E-state index in [0.29, 0.717) is 36.2 Å². The van der Waals surface area contributed by atoms with Crippen LogP contribution in [0, 0.1) is 56.7 Å². The SMILES string of the molecule is C=CCOC(=O)[C@]12CCC(C(=C)C)C1C1CCC3[C@@]4(C)CC[C@H](O)[C@@](C)(CO)C4CC[C@@]3(C)[C@]1(C)CC2. The molecular formula is C33H52O4. The average Bonchev–Trinajstić information content (AvgIpc) is 3.27. The first-order valence-corrected chi connectivity index (χ1v) is 15.1. The number of carbonyl (C=O) groups excluding carboxylic acids is 1. The lowest BCUT2D eigenvalue weighted by molar-refractivity contribution is -0.254. The summed E-state index contributed by atoms with van der Waals surface area (Å²) in [6.07, 6.45) is 11.6. The van der Waals surface area contributed by atoms with E-state index in [-0.39, 0.29) is 34.2 Å². The fraction of sp³-hybridized carbons (Fsp3) is 0.848. The van der Waals surface area contributed by atoms with Crippen molar-refractivity contribution in [2.24, 2.45) is 56.7 Å². The average molecular weight is 513 g/mol. The van der Waals surface area contributed by atoms with Crippen molar-refractivity contribution in [3.05, 3.63) is 24.8 Å². The van der Waals surface area contributed by atoms with Gasteiger partial charge in [-0.2, -0.15) is 0 Å². The number of hydrogen-bond donors (Lipinski definition) is 2. The Balaban J connectivity index is 1.54. The van der Waals surface area contributed by atoms with Crippen molar-refractivity contribution >= 4 is 5.97 Å². The smallest absolute Gasteiger partial charge is 0.312 e. The van der Waals surface area contributed by atoms with E-state index in [0.717, 1.165) is 57.8 Å². The largest absolute Gasteiger partial charge is 0.461 e. The fourth-order valence-electron chi connectivity index (χ4n) is 11.8. The molecule has 0 aromatic heterocycles. The molecule has 0 aromatic carbocycles. The van der Waals surface area contributed by atoms with Gasteiger partial charge in [0.15, 0.2) is 0 Å². The molecule has 0 bridgehead atoms. The number of hydrogen-bond acceptors (Lipinski definition) is 4. The van der Waals surface area contributed by atoms with Crippen LogP contribution in [0.1, 0.15) is 98.8 Å². The summed E-state index contributed by atoms with van der Waals surface area (Å²) in [6, 6.07) is 0. The maximum absolute atomic E-state index is 13.7.